The van der Waals surface area contributed by atoms with E-state index in [-0.39, 0.29) is 0 Å². The lowest BCUT2D eigenvalue weighted by atomic mass is 10.0. The van der Waals surface area contributed by atoms with Crippen LogP contribution in [-0.2, 0) is 19.5 Å². The van der Waals surface area contributed by atoms with Gasteiger partial charge in [0.1, 0.15) is 11.5 Å². The molecule has 134 valence electrons. The molecule has 1 fully saturated rings. The van der Waals surface area contributed by atoms with Crippen LogP contribution in [0.5, 0.6) is 11.5 Å². The van der Waals surface area contributed by atoms with E-state index in [0.717, 1.165) is 42.4 Å². The number of H-pyrrole nitrogens is 1. The number of hydrogen-bond donors (Lipinski definition) is 1. The number of fused-ring (bicyclic) bond motifs is 1. The number of aromatic nitrogens is 2. The van der Waals surface area contributed by atoms with E-state index in [0.29, 0.717) is 5.92 Å². The van der Waals surface area contributed by atoms with Crippen LogP contribution in [0.3, 0.4) is 0 Å². The first-order valence-electron chi connectivity index (χ1n) is 8.80. The normalized spacial score (nSPS) is 17.4. The van der Waals surface area contributed by atoms with Crippen LogP contribution < -0.4 is 9.47 Å². The molecule has 0 spiro atoms. The number of ether oxygens (including phenoxy) is 2. The lowest BCUT2D eigenvalue weighted by Gasteiger charge is -2.28. The molecule has 1 aliphatic carbocycles. The number of nitrogens with one attached hydrogen (secondary N) is 1. The Morgan fingerprint density at radius 2 is 2.04 bits per heavy atom. The topological polar surface area (TPSA) is 50.4 Å². The van der Waals surface area contributed by atoms with Gasteiger partial charge in [-0.2, -0.15) is 5.10 Å². The molecule has 1 saturated carbocycles. The van der Waals surface area contributed by atoms with Crippen LogP contribution in [0.4, 0.5) is 0 Å². The Hall–Kier alpha value is -1.66. The van der Waals surface area contributed by atoms with Gasteiger partial charge in [-0.05, 0) is 31.2 Å². The van der Waals surface area contributed by atoms with E-state index < -0.39 is 0 Å². The maximum Gasteiger partial charge on any atom is 0.132 e. The van der Waals surface area contributed by atoms with Gasteiger partial charge in [0.2, 0.25) is 0 Å². The Morgan fingerprint density at radius 1 is 1.24 bits per heavy atom. The molecule has 25 heavy (non-hydrogen) atoms. The van der Waals surface area contributed by atoms with E-state index in [1.54, 1.807) is 26.0 Å². The Balaban J connectivity index is 1.57. The molecule has 1 aromatic heterocycles. The lowest BCUT2D eigenvalue weighted by Crippen LogP contribution is -2.30. The molecule has 1 aromatic carbocycles. The summed E-state index contributed by atoms with van der Waals surface area (Å²) in [4.78, 5) is 3.59. The van der Waals surface area contributed by atoms with E-state index in [1.165, 1.54) is 35.4 Å². The average Bonchev–Trinajstić information content (AvgIpc) is 3.40. The summed E-state index contributed by atoms with van der Waals surface area (Å²) in [5, 5.41) is 7.85. The Kier molecular flexibility index (Phi) is 4.65. The third-order valence-corrected chi connectivity index (χ3v) is 5.95. The minimum Gasteiger partial charge on any atom is -0.496 e. The summed E-state index contributed by atoms with van der Waals surface area (Å²) in [7, 11) is 3.47. The number of methoxy groups -OCH3 is 2. The predicted octanol–water partition coefficient (Wildman–Crippen LogP) is 3.58. The Bertz CT molecular complexity index is 770. The lowest BCUT2D eigenvalue weighted by molar-refractivity contribution is 0.239. The number of benzene rings is 1. The SMILES string of the molecule is COc1cc(SC)c(OC)cc1CN1CCc2[nH]nc(C3CC3)c2C1. The monoisotopic (exact) mass is 359 g/mol. The summed E-state index contributed by atoms with van der Waals surface area (Å²) in [5.74, 6) is 2.55. The molecular formula is C19H25N3O2S. The number of nitrogens with zero attached hydrogens (tertiary/aromatic N) is 2. The molecule has 0 saturated heterocycles. The van der Waals surface area contributed by atoms with E-state index in [2.05, 4.69) is 33.5 Å². The van der Waals surface area contributed by atoms with Gasteiger partial charge in [0.25, 0.3) is 0 Å². The first-order chi connectivity index (χ1) is 12.2. The van der Waals surface area contributed by atoms with Crippen molar-refractivity contribution in [2.45, 2.75) is 43.2 Å². The van der Waals surface area contributed by atoms with Gasteiger partial charge in [0.05, 0.1) is 24.8 Å². The second-order valence-corrected chi connectivity index (χ2v) is 7.67. The van der Waals surface area contributed by atoms with E-state index in [1.807, 2.05) is 0 Å². The molecule has 1 N–H and O–H groups in total. The zero-order valence-corrected chi connectivity index (χ0v) is 15.9. The van der Waals surface area contributed by atoms with E-state index in [9.17, 15) is 0 Å². The molecule has 6 heteroatoms. The summed E-state index contributed by atoms with van der Waals surface area (Å²) < 4.78 is 11.2. The molecule has 1 aliphatic heterocycles. The van der Waals surface area contributed by atoms with Crippen molar-refractivity contribution in [2.75, 3.05) is 27.0 Å². The van der Waals surface area contributed by atoms with Crippen LogP contribution >= 0.6 is 11.8 Å². The van der Waals surface area contributed by atoms with Crippen molar-refractivity contribution in [2.24, 2.45) is 0 Å². The molecule has 0 unspecified atom stereocenters. The molecule has 0 radical (unpaired) electrons. The molecule has 0 atom stereocenters. The highest BCUT2D eigenvalue weighted by molar-refractivity contribution is 7.98. The number of thioether (sulfide) groups is 1. The maximum atomic E-state index is 5.64. The van der Waals surface area contributed by atoms with Gasteiger partial charge in [-0.3, -0.25) is 10.00 Å². The standard InChI is InChI=1S/C19H25N3O2S/c1-23-16-9-18(25-3)17(24-2)8-13(16)10-22-7-6-15-14(11-22)19(21-20-15)12-4-5-12/h8-9,12H,4-7,10-11H2,1-3H3,(H,20,21). The van der Waals surface area contributed by atoms with Crippen LogP contribution in [0, 0.1) is 0 Å². The van der Waals surface area contributed by atoms with E-state index >= 15 is 0 Å². The van der Waals surface area contributed by atoms with Gasteiger partial charge in [-0.15, -0.1) is 11.8 Å². The van der Waals surface area contributed by atoms with Crippen LogP contribution in [0.25, 0.3) is 0 Å². The third kappa shape index (κ3) is 3.25. The van der Waals surface area contributed by atoms with Crippen LogP contribution in [0.15, 0.2) is 17.0 Å². The van der Waals surface area contributed by atoms with Crippen molar-refractivity contribution in [1.29, 1.82) is 0 Å². The quantitative estimate of drug-likeness (QED) is 0.799. The first kappa shape index (κ1) is 16.8. The maximum absolute atomic E-state index is 5.64. The molecule has 2 aromatic rings. The molecule has 0 amide bonds. The highest BCUT2D eigenvalue weighted by Crippen LogP contribution is 2.42. The van der Waals surface area contributed by atoms with Crippen LogP contribution in [0.2, 0.25) is 0 Å². The fraction of sp³-hybridized carbons (Fsp3) is 0.526. The Morgan fingerprint density at radius 3 is 2.72 bits per heavy atom. The van der Waals surface area contributed by atoms with Crippen molar-refractivity contribution in [3.05, 3.63) is 34.6 Å². The van der Waals surface area contributed by atoms with Gasteiger partial charge in [0.15, 0.2) is 0 Å². The summed E-state index contributed by atoms with van der Waals surface area (Å²) in [6, 6.07) is 4.21. The van der Waals surface area contributed by atoms with E-state index in [4.69, 9.17) is 9.47 Å². The molecule has 0 bridgehead atoms. The minimum absolute atomic E-state index is 0.690. The molecule has 2 heterocycles. The third-order valence-electron chi connectivity index (χ3n) is 5.19. The number of rotatable bonds is 6. The predicted molar refractivity (Wildman–Crippen MR) is 99.7 cm³/mol. The van der Waals surface area contributed by atoms with Crippen molar-refractivity contribution >= 4 is 11.8 Å². The van der Waals surface area contributed by atoms with Gasteiger partial charge >= 0.3 is 0 Å². The van der Waals surface area contributed by atoms with Crippen molar-refractivity contribution in [1.82, 2.24) is 15.1 Å². The Labute approximate surface area is 153 Å². The second-order valence-electron chi connectivity index (χ2n) is 6.82. The summed E-state index contributed by atoms with van der Waals surface area (Å²) in [6.45, 7) is 2.87. The average molecular weight is 359 g/mol. The van der Waals surface area contributed by atoms with Gasteiger partial charge < -0.3 is 9.47 Å². The van der Waals surface area contributed by atoms with Crippen LogP contribution in [-0.4, -0.2) is 42.1 Å². The van der Waals surface area contributed by atoms with Gasteiger partial charge in [-0.1, -0.05) is 0 Å². The van der Waals surface area contributed by atoms with Crippen LogP contribution in [0.1, 0.15) is 41.3 Å². The largest absolute Gasteiger partial charge is 0.496 e. The summed E-state index contributed by atoms with van der Waals surface area (Å²) in [5.41, 5.74) is 5.25. The van der Waals surface area contributed by atoms with Crippen molar-refractivity contribution in [3.63, 3.8) is 0 Å². The molecular weight excluding hydrogens is 334 g/mol. The second kappa shape index (κ2) is 6.92. The smallest absolute Gasteiger partial charge is 0.132 e. The molecule has 2 aliphatic rings. The fourth-order valence-corrected chi connectivity index (χ4v) is 4.23. The van der Waals surface area contributed by atoms with Gasteiger partial charge in [0, 0.05) is 48.8 Å². The molecule has 4 rings (SSSR count). The number of hydrogen-bond acceptors (Lipinski definition) is 5. The highest BCUT2D eigenvalue weighted by Gasteiger charge is 2.32. The minimum atomic E-state index is 0.690. The first-order valence-corrected chi connectivity index (χ1v) is 10.0. The zero-order valence-electron chi connectivity index (χ0n) is 15.1. The fourth-order valence-electron chi connectivity index (χ4n) is 3.66. The highest BCUT2D eigenvalue weighted by atomic mass is 32.2. The van der Waals surface area contributed by atoms with Crippen molar-refractivity contribution < 1.29 is 9.47 Å². The number of aromatic amines is 1. The summed E-state index contributed by atoms with van der Waals surface area (Å²) >= 11 is 1.68. The van der Waals surface area contributed by atoms with Crippen molar-refractivity contribution in [3.8, 4) is 11.5 Å². The zero-order chi connectivity index (χ0) is 17.4. The molecule has 5 nitrogen and oxygen atoms in total. The summed E-state index contributed by atoms with van der Waals surface area (Å²) in [6.07, 6.45) is 5.68. The van der Waals surface area contributed by atoms with Gasteiger partial charge in [-0.25, -0.2) is 0 Å².